The second-order valence-corrected chi connectivity index (χ2v) is 11.9. The Bertz CT molecular complexity index is 1400. The van der Waals surface area contributed by atoms with Crippen molar-refractivity contribution in [3.05, 3.63) is 111 Å². The quantitative estimate of drug-likeness (QED) is 0.352. The van der Waals surface area contributed by atoms with E-state index in [0.717, 1.165) is 6.54 Å². The first-order valence-electron chi connectivity index (χ1n) is 10.7. The molecule has 7 heteroatoms. The summed E-state index contributed by atoms with van der Waals surface area (Å²) in [6.07, 6.45) is 3.48. The Morgan fingerprint density at radius 1 is 0.781 bits per heavy atom. The molecule has 1 atom stereocenters. The molecule has 0 aliphatic carbocycles. The van der Waals surface area contributed by atoms with Crippen LogP contribution in [0.15, 0.2) is 99.3 Å². The Morgan fingerprint density at radius 2 is 1.53 bits per heavy atom. The van der Waals surface area contributed by atoms with Crippen molar-refractivity contribution in [1.29, 1.82) is 0 Å². The highest BCUT2D eigenvalue weighted by molar-refractivity contribution is 7.34. The zero-order chi connectivity index (χ0) is 21.1. The van der Waals surface area contributed by atoms with Gasteiger partial charge in [0.2, 0.25) is 0 Å². The van der Waals surface area contributed by atoms with E-state index in [0.29, 0.717) is 0 Å². The highest BCUT2D eigenvalue weighted by Crippen LogP contribution is 2.38. The molecule has 2 nitrogen and oxygen atoms in total. The van der Waals surface area contributed by atoms with Gasteiger partial charge in [-0.1, -0.05) is 39.9 Å². The van der Waals surface area contributed by atoms with Gasteiger partial charge in [0.05, 0.1) is 17.8 Å². The van der Waals surface area contributed by atoms with Crippen LogP contribution in [0.25, 0.3) is 16.1 Å². The number of hydrogen-bond acceptors (Lipinski definition) is 4. The van der Waals surface area contributed by atoms with E-state index in [1.54, 1.807) is 16.1 Å². The van der Waals surface area contributed by atoms with Gasteiger partial charge in [0.25, 0.3) is 0 Å². The summed E-state index contributed by atoms with van der Waals surface area (Å²) >= 11 is 7.40. The number of rotatable bonds is 4. The minimum Gasteiger partial charge on any atom is -0.461 e. The average molecular weight is 487 g/mol. The van der Waals surface area contributed by atoms with Crippen LogP contribution in [0.4, 0.5) is 0 Å². The highest BCUT2D eigenvalue weighted by Gasteiger charge is 2.52. The van der Waals surface area contributed by atoms with E-state index in [-0.39, 0.29) is 0 Å². The van der Waals surface area contributed by atoms with Crippen LogP contribution in [0, 0.1) is 0 Å². The first-order valence-corrected chi connectivity index (χ1v) is 14.3. The molecule has 0 spiro atoms. The number of quaternary nitrogens is 1. The lowest BCUT2D eigenvalue weighted by Crippen LogP contribution is -3.26. The molecule has 2 aliphatic heterocycles. The molecular weight excluding hydrogens is 467 g/mol. The van der Waals surface area contributed by atoms with Crippen LogP contribution < -0.4 is 14.4 Å². The van der Waals surface area contributed by atoms with Gasteiger partial charge in [0.1, 0.15) is 0 Å². The molecule has 32 heavy (non-hydrogen) atoms. The second-order valence-electron chi connectivity index (χ2n) is 8.23. The first kappa shape index (κ1) is 19.1. The predicted octanol–water partition coefficient (Wildman–Crippen LogP) is 4.73. The normalized spacial score (nSPS) is 18.8. The third-order valence-electron chi connectivity index (χ3n) is 6.80. The molecule has 2 aliphatic rings. The van der Waals surface area contributed by atoms with Crippen molar-refractivity contribution in [2.75, 3.05) is 6.54 Å². The molecule has 0 aromatic carbocycles. The number of nitrogens with zero attached hydrogens (tertiary/aromatic N) is 1. The molecule has 7 rings (SSSR count). The summed E-state index contributed by atoms with van der Waals surface area (Å²) in [6, 6.07) is 20.5. The van der Waals surface area contributed by atoms with E-state index in [1.165, 1.54) is 42.7 Å². The van der Waals surface area contributed by atoms with Crippen LogP contribution in [-0.2, 0) is 0 Å². The lowest BCUT2D eigenvalue weighted by Gasteiger charge is -2.50. The summed E-state index contributed by atoms with van der Waals surface area (Å²) < 4.78 is 5.61. The molecule has 5 aromatic heterocycles. The maximum Gasteiger partial charge on any atom is 0.386 e. The molecule has 0 amide bonds. The predicted molar refractivity (Wildman–Crippen MR) is 142 cm³/mol. The first-order chi connectivity index (χ1) is 15.9. The minimum atomic E-state index is -1.27. The Kier molecular flexibility index (Phi) is 4.36. The van der Waals surface area contributed by atoms with Gasteiger partial charge >= 0.3 is 6.42 Å². The van der Waals surface area contributed by atoms with Gasteiger partial charge in [-0.15, -0.1) is 11.3 Å². The summed E-state index contributed by atoms with van der Waals surface area (Å²) in [4.78, 5) is 2.88. The molecule has 0 fully saturated rings. The van der Waals surface area contributed by atoms with Crippen LogP contribution >= 0.6 is 45.3 Å². The Hall–Kier alpha value is -2.42. The maximum absolute atomic E-state index is 2.71. The number of hydrogen-bond donors (Lipinski definition) is 1. The van der Waals surface area contributed by atoms with Gasteiger partial charge in [0, 0.05) is 21.8 Å². The fourth-order valence-corrected chi connectivity index (χ4v) is 9.21. The third kappa shape index (κ3) is 2.48. The van der Waals surface area contributed by atoms with Crippen molar-refractivity contribution >= 4 is 66.9 Å². The van der Waals surface area contributed by atoms with Gasteiger partial charge in [-0.25, -0.2) is 0 Å². The van der Waals surface area contributed by atoms with Gasteiger partial charge in [-0.05, 0) is 63.3 Å². The van der Waals surface area contributed by atoms with Crippen molar-refractivity contribution in [3.63, 3.8) is 0 Å². The smallest absolute Gasteiger partial charge is 0.386 e. The number of aromatic nitrogens is 1. The van der Waals surface area contributed by atoms with Crippen LogP contribution in [0.3, 0.4) is 0 Å². The summed E-state index contributed by atoms with van der Waals surface area (Å²) in [5, 5.41) is 11.2. The Balaban J connectivity index is 1.66. The zero-order valence-electron chi connectivity index (χ0n) is 17.1. The number of fused-ring (bicyclic) bond motifs is 2. The Labute approximate surface area is 203 Å². The minimum absolute atomic E-state index is 1.00. The van der Waals surface area contributed by atoms with E-state index < -0.39 is 6.42 Å². The molecule has 0 saturated heterocycles. The highest BCUT2D eigenvalue weighted by atomic mass is 32.1. The van der Waals surface area contributed by atoms with Crippen LogP contribution in [-0.4, -0.2) is 17.4 Å². The van der Waals surface area contributed by atoms with Crippen molar-refractivity contribution < 1.29 is 4.81 Å². The third-order valence-corrected chi connectivity index (χ3v) is 10.5. The van der Waals surface area contributed by atoms with Gasteiger partial charge < -0.3 is 9.29 Å². The Morgan fingerprint density at radius 3 is 2.19 bits per heavy atom. The average Bonchev–Trinajstić information content (AvgIpc) is 3.67. The summed E-state index contributed by atoms with van der Waals surface area (Å²) in [5.41, 5.74) is 6.78. The van der Waals surface area contributed by atoms with E-state index in [9.17, 15) is 0 Å². The molecule has 1 unspecified atom stereocenters. The van der Waals surface area contributed by atoms with Crippen molar-refractivity contribution in [1.82, 2.24) is 4.48 Å². The van der Waals surface area contributed by atoms with Crippen molar-refractivity contribution in [2.45, 2.75) is 0 Å². The largest absolute Gasteiger partial charge is 0.461 e. The van der Waals surface area contributed by atoms with Crippen LogP contribution in [0.2, 0.25) is 0 Å². The summed E-state index contributed by atoms with van der Waals surface area (Å²) in [5.74, 6) is 0. The molecule has 7 heterocycles. The van der Waals surface area contributed by atoms with Crippen molar-refractivity contribution in [3.8, 4) is 10.6 Å². The van der Waals surface area contributed by atoms with Crippen LogP contribution in [0.1, 0.15) is 11.3 Å². The maximum atomic E-state index is 2.71. The number of allylic oxidation sites excluding steroid dienone is 1. The van der Waals surface area contributed by atoms with E-state index in [4.69, 9.17) is 0 Å². The lowest BCUT2D eigenvalue weighted by atomic mass is 9.40. The van der Waals surface area contributed by atoms with Gasteiger partial charge in [-0.3, -0.25) is 0 Å². The van der Waals surface area contributed by atoms with Gasteiger partial charge in [-0.2, -0.15) is 34.0 Å². The van der Waals surface area contributed by atoms with E-state index >= 15 is 0 Å². The molecule has 0 saturated carbocycles. The second kappa shape index (κ2) is 7.30. The molecular formula is C25H19BN2S4. The summed E-state index contributed by atoms with van der Waals surface area (Å²) in [6.45, 7) is 1.00. The lowest BCUT2D eigenvalue weighted by molar-refractivity contribution is -0.735. The summed E-state index contributed by atoms with van der Waals surface area (Å²) in [7, 11) is 0. The monoisotopic (exact) mass is 486 g/mol. The SMILES string of the molecule is C1=CC2=C(c3ccsc3)c3ccc(-c4cccs4)n3[B-](c3cccs3)(c3cccs3)[NH+]2C1. The van der Waals surface area contributed by atoms with Crippen LogP contribution in [0.5, 0.6) is 0 Å². The van der Waals surface area contributed by atoms with E-state index in [1.807, 2.05) is 34.0 Å². The molecule has 0 bridgehead atoms. The van der Waals surface area contributed by atoms with E-state index in [2.05, 4.69) is 98.1 Å². The zero-order valence-corrected chi connectivity index (χ0v) is 20.4. The molecule has 156 valence electrons. The van der Waals surface area contributed by atoms with Gasteiger partial charge in [0.15, 0.2) is 0 Å². The number of nitrogens with one attached hydrogen (secondary N) is 1. The molecule has 5 aromatic rings. The van der Waals surface area contributed by atoms with Crippen molar-refractivity contribution in [2.24, 2.45) is 0 Å². The standard InChI is InChI=1S/C25H19BN2S4/c1-5-20-25(18-11-16-29-17-18)21-10-9-19(22-6-2-13-30-22)28(21)26(27(20)12-1,23-7-3-14-31-23)24-8-4-15-32-24/h1-11,13-17,27H,12H2. The fraction of sp³-hybridized carbons (Fsp3) is 0.0400. The molecule has 1 N–H and O–H groups in total. The topological polar surface area (TPSA) is 9.37 Å². The fourth-order valence-electron chi connectivity index (χ4n) is 5.65. The number of thiophene rings is 4. The molecule has 0 radical (unpaired) electrons.